The summed E-state index contributed by atoms with van der Waals surface area (Å²) in [6.45, 7) is 5.86. The predicted molar refractivity (Wildman–Crippen MR) is 121 cm³/mol. The average Bonchev–Trinajstić information content (AvgIpc) is 3.19. The molecule has 0 N–H and O–H groups in total. The molecule has 6 nitrogen and oxygen atoms in total. The van der Waals surface area contributed by atoms with Crippen molar-refractivity contribution in [3.63, 3.8) is 0 Å². The summed E-state index contributed by atoms with van der Waals surface area (Å²) in [5.41, 5.74) is 2.33. The maximum absolute atomic E-state index is 15.2. The number of aromatic nitrogens is 4. The molecule has 0 amide bonds. The van der Waals surface area contributed by atoms with Gasteiger partial charge in [0, 0.05) is 17.8 Å². The fourth-order valence-corrected chi connectivity index (χ4v) is 4.20. The van der Waals surface area contributed by atoms with Gasteiger partial charge >= 0.3 is 0 Å². The molecule has 164 valence electrons. The number of rotatable bonds is 1. The van der Waals surface area contributed by atoms with E-state index in [-0.39, 0.29) is 5.39 Å². The van der Waals surface area contributed by atoms with E-state index in [4.69, 9.17) is 0 Å². The van der Waals surface area contributed by atoms with Crippen molar-refractivity contribution in [2.45, 2.75) is 33.6 Å². The van der Waals surface area contributed by atoms with Crippen LogP contribution in [0.4, 0.5) is 20.3 Å². The van der Waals surface area contributed by atoms with Crippen LogP contribution in [0.25, 0.3) is 16.7 Å². The molecule has 0 radical (unpaired) electrons. The van der Waals surface area contributed by atoms with Crippen LogP contribution in [0.3, 0.4) is 0 Å². The lowest BCUT2D eigenvalue weighted by Gasteiger charge is -2.32. The van der Waals surface area contributed by atoms with E-state index in [9.17, 15) is 9.65 Å². The molecule has 0 aliphatic carbocycles. The van der Waals surface area contributed by atoms with Gasteiger partial charge in [-0.3, -0.25) is 4.40 Å². The molecule has 2 aromatic carbocycles. The number of nitrogens with zero attached hydrogens (tertiary/aromatic N) is 6. The van der Waals surface area contributed by atoms with Crippen LogP contribution in [0, 0.1) is 47.1 Å². The topological polar surface area (TPSA) is 70.1 Å². The molecule has 0 saturated carbocycles. The first-order valence-corrected chi connectivity index (χ1v) is 10.6. The van der Waals surface area contributed by atoms with Crippen LogP contribution >= 0.6 is 0 Å². The summed E-state index contributed by atoms with van der Waals surface area (Å²) in [5.74, 6) is 5.43. The summed E-state index contributed by atoms with van der Waals surface area (Å²) in [6, 6.07) is 10.5. The molecule has 0 saturated heterocycles. The molecule has 3 heterocycles. The van der Waals surface area contributed by atoms with Gasteiger partial charge in [0.15, 0.2) is 11.6 Å². The van der Waals surface area contributed by atoms with Gasteiger partial charge in [0.25, 0.3) is 5.78 Å². The maximum Gasteiger partial charge on any atom is 0.257 e. The molecular weight excluding hydrogens is 422 g/mol. The van der Waals surface area contributed by atoms with E-state index in [1.807, 2.05) is 23.1 Å². The van der Waals surface area contributed by atoms with Crippen molar-refractivity contribution in [2.24, 2.45) is 5.41 Å². The summed E-state index contributed by atoms with van der Waals surface area (Å²) < 4.78 is 31.1. The summed E-state index contributed by atoms with van der Waals surface area (Å²) in [6.07, 6.45) is 1.56. The standard InChI is InChI=1S/C25H20F2N6/c1-15-30-31-24-29-23(21-20(33(15)24)10-9-18(26)22(21)27)32-13-5-7-17-16(6-4-8-19(17)32)11-12-25(2,3)14-28/h4,6,8-10H,5,7,13H2,1-3H3. The molecule has 0 fully saturated rings. The van der Waals surface area contributed by atoms with Gasteiger partial charge in [-0.2, -0.15) is 10.2 Å². The first-order valence-electron chi connectivity index (χ1n) is 10.6. The van der Waals surface area contributed by atoms with Gasteiger partial charge in [-0.1, -0.05) is 17.9 Å². The molecule has 2 aromatic heterocycles. The number of aryl methyl sites for hydroxylation is 1. The van der Waals surface area contributed by atoms with E-state index < -0.39 is 17.0 Å². The second-order valence-corrected chi connectivity index (χ2v) is 8.62. The van der Waals surface area contributed by atoms with Crippen molar-refractivity contribution in [2.75, 3.05) is 11.4 Å². The Balaban J connectivity index is 1.76. The monoisotopic (exact) mass is 442 g/mol. The summed E-state index contributed by atoms with van der Waals surface area (Å²) >= 11 is 0. The number of halogens is 2. The molecule has 4 aromatic rings. The molecule has 0 bridgehead atoms. The van der Waals surface area contributed by atoms with E-state index in [0.29, 0.717) is 29.5 Å². The van der Waals surface area contributed by atoms with Gasteiger partial charge < -0.3 is 4.90 Å². The van der Waals surface area contributed by atoms with Gasteiger partial charge in [-0.05, 0) is 63.4 Å². The van der Waals surface area contributed by atoms with E-state index in [1.165, 1.54) is 6.07 Å². The zero-order valence-corrected chi connectivity index (χ0v) is 18.4. The van der Waals surface area contributed by atoms with Crippen LogP contribution in [-0.4, -0.2) is 26.1 Å². The molecule has 0 spiro atoms. The predicted octanol–water partition coefficient (Wildman–Crippen LogP) is 4.85. The van der Waals surface area contributed by atoms with Gasteiger partial charge in [-0.15, -0.1) is 10.2 Å². The fraction of sp³-hybridized carbons (Fsp3) is 0.280. The number of benzene rings is 2. The lowest BCUT2D eigenvalue weighted by atomic mass is 9.93. The minimum absolute atomic E-state index is 0.0837. The molecule has 0 atom stereocenters. The van der Waals surface area contributed by atoms with Gasteiger partial charge in [0.1, 0.15) is 17.1 Å². The van der Waals surface area contributed by atoms with E-state index in [0.717, 1.165) is 35.7 Å². The molecule has 33 heavy (non-hydrogen) atoms. The third-order valence-electron chi connectivity index (χ3n) is 5.85. The molecular formula is C25H20F2N6. The normalized spacial score (nSPS) is 13.5. The lowest BCUT2D eigenvalue weighted by molar-refractivity contribution is 0.516. The SMILES string of the molecule is Cc1nnc2nc(N3CCCc4c(C#CC(C)(C)C#N)cccc43)c3c(F)c(F)ccc3n12. The minimum atomic E-state index is -0.955. The third-order valence-corrected chi connectivity index (χ3v) is 5.85. The van der Waals surface area contributed by atoms with Crippen LogP contribution in [-0.2, 0) is 6.42 Å². The smallest absolute Gasteiger partial charge is 0.257 e. The van der Waals surface area contributed by atoms with Crippen molar-refractivity contribution in [1.82, 2.24) is 19.6 Å². The Labute approximate surface area is 189 Å². The highest BCUT2D eigenvalue weighted by atomic mass is 19.2. The number of nitriles is 1. The lowest BCUT2D eigenvalue weighted by Crippen LogP contribution is -2.26. The Bertz CT molecular complexity index is 1530. The maximum atomic E-state index is 15.2. The van der Waals surface area contributed by atoms with Crippen LogP contribution in [0.1, 0.15) is 37.2 Å². The van der Waals surface area contributed by atoms with Gasteiger partial charge in [-0.25, -0.2) is 8.78 Å². The Kier molecular flexibility index (Phi) is 4.75. The van der Waals surface area contributed by atoms with Gasteiger partial charge in [0.05, 0.1) is 17.0 Å². The first kappa shape index (κ1) is 20.8. The summed E-state index contributed by atoms with van der Waals surface area (Å²) in [7, 11) is 0. The Morgan fingerprint density at radius 1 is 1.12 bits per heavy atom. The molecule has 1 aliphatic heterocycles. The third kappa shape index (κ3) is 3.35. The van der Waals surface area contributed by atoms with Crippen molar-refractivity contribution in [3.8, 4) is 17.9 Å². The van der Waals surface area contributed by atoms with Gasteiger partial charge in [0.2, 0.25) is 0 Å². The fourth-order valence-electron chi connectivity index (χ4n) is 4.20. The van der Waals surface area contributed by atoms with Crippen molar-refractivity contribution < 1.29 is 8.78 Å². The number of anilines is 2. The molecule has 8 heteroatoms. The molecule has 5 rings (SSSR count). The average molecular weight is 442 g/mol. The zero-order valence-electron chi connectivity index (χ0n) is 18.4. The minimum Gasteiger partial charge on any atom is -0.325 e. The second-order valence-electron chi connectivity index (χ2n) is 8.62. The van der Waals surface area contributed by atoms with E-state index in [1.54, 1.807) is 25.2 Å². The number of fused-ring (bicyclic) bond motifs is 4. The van der Waals surface area contributed by atoms with E-state index >= 15 is 4.39 Å². The van der Waals surface area contributed by atoms with Crippen molar-refractivity contribution >= 4 is 28.2 Å². The largest absolute Gasteiger partial charge is 0.325 e. The quantitative estimate of drug-likeness (QED) is 0.394. The number of hydrogen-bond donors (Lipinski definition) is 0. The molecule has 1 aliphatic rings. The molecule has 0 unspecified atom stereocenters. The van der Waals surface area contributed by atoms with Crippen LogP contribution < -0.4 is 4.90 Å². The Hall–Kier alpha value is -4.04. The van der Waals surface area contributed by atoms with Crippen LogP contribution in [0.15, 0.2) is 30.3 Å². The first-order chi connectivity index (χ1) is 15.8. The van der Waals surface area contributed by atoms with E-state index in [2.05, 4.69) is 33.1 Å². The van der Waals surface area contributed by atoms with Crippen LogP contribution in [0.5, 0.6) is 0 Å². The van der Waals surface area contributed by atoms with Crippen LogP contribution in [0.2, 0.25) is 0 Å². The van der Waals surface area contributed by atoms with Crippen molar-refractivity contribution in [3.05, 3.63) is 58.9 Å². The second kappa shape index (κ2) is 7.53. The summed E-state index contributed by atoms with van der Waals surface area (Å²) in [4.78, 5) is 6.50. The Morgan fingerprint density at radius 3 is 2.73 bits per heavy atom. The number of hydrogen-bond acceptors (Lipinski definition) is 5. The Morgan fingerprint density at radius 2 is 1.94 bits per heavy atom. The highest BCUT2D eigenvalue weighted by Crippen LogP contribution is 2.39. The van der Waals surface area contributed by atoms with Crippen molar-refractivity contribution in [1.29, 1.82) is 5.26 Å². The highest BCUT2D eigenvalue weighted by molar-refractivity contribution is 5.94. The summed E-state index contributed by atoms with van der Waals surface area (Å²) in [5, 5.41) is 17.6. The highest BCUT2D eigenvalue weighted by Gasteiger charge is 2.27. The zero-order chi connectivity index (χ0) is 23.3.